The zero-order chi connectivity index (χ0) is 22.0. The first-order chi connectivity index (χ1) is 14.8. The van der Waals surface area contributed by atoms with Crippen molar-refractivity contribution >= 4 is 44.3 Å². The van der Waals surface area contributed by atoms with Crippen LogP contribution in [-0.2, 0) is 21.2 Å². The molecule has 0 saturated carbocycles. The quantitative estimate of drug-likeness (QED) is 0.587. The first-order valence-corrected chi connectivity index (χ1v) is 12.1. The van der Waals surface area contributed by atoms with Crippen LogP contribution in [0.4, 0.5) is 17.1 Å². The van der Waals surface area contributed by atoms with Crippen molar-refractivity contribution in [2.45, 2.75) is 10.6 Å². The molecule has 9 heteroatoms. The molecule has 1 aromatic heterocycles. The summed E-state index contributed by atoms with van der Waals surface area (Å²) in [7, 11) is -0.0251. The standard InChI is InChI=1S/C22H23N3O4S2/c1-24-12-11-16-14-17(5-10-20(16)24)23-21(26)15-29-19-8-6-18(7-9-19)25(2)31(27,28)22-4-3-13-30-22/h3-10,13-14H,11-12,15H2,1-2H3,(H,23,26). The molecule has 2 aromatic carbocycles. The Morgan fingerprint density at radius 3 is 2.68 bits per heavy atom. The van der Waals surface area contributed by atoms with Crippen LogP contribution in [0.3, 0.4) is 0 Å². The molecule has 0 spiro atoms. The lowest BCUT2D eigenvalue weighted by Crippen LogP contribution is -2.25. The third kappa shape index (κ3) is 4.52. The largest absolute Gasteiger partial charge is 0.484 e. The minimum absolute atomic E-state index is 0.139. The highest BCUT2D eigenvalue weighted by Gasteiger charge is 2.22. The number of anilines is 3. The third-order valence-corrected chi connectivity index (χ3v) is 8.33. The maximum Gasteiger partial charge on any atom is 0.273 e. The highest BCUT2D eigenvalue weighted by atomic mass is 32.2. The summed E-state index contributed by atoms with van der Waals surface area (Å²) in [6.07, 6.45) is 0.967. The van der Waals surface area contributed by atoms with Gasteiger partial charge in [-0.25, -0.2) is 8.42 Å². The molecule has 0 unspecified atom stereocenters. The molecular weight excluding hydrogens is 434 g/mol. The van der Waals surface area contributed by atoms with Gasteiger partial charge in [0.05, 0.1) is 5.69 Å². The van der Waals surface area contributed by atoms with Gasteiger partial charge in [0.1, 0.15) is 9.96 Å². The molecular formula is C22H23N3O4S2. The van der Waals surface area contributed by atoms with Crippen molar-refractivity contribution in [3.8, 4) is 5.75 Å². The number of hydrogen-bond acceptors (Lipinski definition) is 6. The van der Waals surface area contributed by atoms with Gasteiger partial charge in [-0.3, -0.25) is 9.10 Å². The second-order valence-electron chi connectivity index (χ2n) is 7.25. The molecule has 1 amide bonds. The van der Waals surface area contributed by atoms with Crippen molar-refractivity contribution in [3.63, 3.8) is 0 Å². The zero-order valence-electron chi connectivity index (χ0n) is 17.2. The Kier molecular flexibility index (Phi) is 5.88. The van der Waals surface area contributed by atoms with Crippen LogP contribution in [0.2, 0.25) is 0 Å². The summed E-state index contributed by atoms with van der Waals surface area (Å²) in [5.41, 5.74) is 3.67. The Bertz CT molecular complexity index is 1180. The van der Waals surface area contributed by atoms with E-state index in [4.69, 9.17) is 4.74 Å². The smallest absolute Gasteiger partial charge is 0.273 e. The summed E-state index contributed by atoms with van der Waals surface area (Å²) < 4.78 is 32.3. The summed E-state index contributed by atoms with van der Waals surface area (Å²) in [6.45, 7) is 0.843. The lowest BCUT2D eigenvalue weighted by Gasteiger charge is -2.18. The van der Waals surface area contributed by atoms with Crippen LogP contribution in [0, 0.1) is 0 Å². The SMILES string of the molecule is CN1CCc2cc(NC(=O)COc3ccc(N(C)S(=O)(=O)c4cccs4)cc3)ccc21. The van der Waals surface area contributed by atoms with Gasteiger partial charge in [0.25, 0.3) is 15.9 Å². The van der Waals surface area contributed by atoms with Gasteiger partial charge in [-0.2, -0.15) is 0 Å². The predicted octanol–water partition coefficient (Wildman–Crippen LogP) is 3.58. The Morgan fingerprint density at radius 1 is 1.19 bits per heavy atom. The first kappa shape index (κ1) is 21.2. The molecule has 4 rings (SSSR count). The molecule has 2 heterocycles. The van der Waals surface area contributed by atoms with Crippen molar-refractivity contribution in [1.29, 1.82) is 0 Å². The molecule has 1 aliphatic heterocycles. The van der Waals surface area contributed by atoms with Gasteiger partial charge in [-0.05, 0) is 65.9 Å². The van der Waals surface area contributed by atoms with Crippen LogP contribution in [0.15, 0.2) is 64.2 Å². The number of rotatable bonds is 7. The average Bonchev–Trinajstić information content (AvgIpc) is 3.43. The topological polar surface area (TPSA) is 79.0 Å². The first-order valence-electron chi connectivity index (χ1n) is 9.74. The van der Waals surface area contributed by atoms with E-state index < -0.39 is 10.0 Å². The van der Waals surface area contributed by atoms with E-state index in [1.165, 1.54) is 33.9 Å². The van der Waals surface area contributed by atoms with Gasteiger partial charge in [0.15, 0.2) is 6.61 Å². The number of fused-ring (bicyclic) bond motifs is 1. The Balaban J connectivity index is 1.34. The minimum atomic E-state index is -3.59. The highest BCUT2D eigenvalue weighted by molar-refractivity contribution is 7.94. The molecule has 0 saturated heterocycles. The summed E-state index contributed by atoms with van der Waals surface area (Å²) in [5, 5.41) is 4.58. The van der Waals surface area contributed by atoms with E-state index in [1.807, 2.05) is 18.2 Å². The van der Waals surface area contributed by atoms with Gasteiger partial charge in [0, 0.05) is 32.0 Å². The number of sulfonamides is 1. The Labute approximate surface area is 185 Å². The van der Waals surface area contributed by atoms with Gasteiger partial charge in [-0.1, -0.05) is 6.07 Å². The minimum Gasteiger partial charge on any atom is -0.484 e. The molecule has 0 aliphatic carbocycles. The molecule has 162 valence electrons. The number of amides is 1. The molecule has 0 fully saturated rings. The number of carbonyl (C=O) groups excluding carboxylic acids is 1. The normalized spacial score (nSPS) is 13.0. The second kappa shape index (κ2) is 8.60. The van der Waals surface area contributed by atoms with E-state index in [0.29, 0.717) is 11.4 Å². The fourth-order valence-electron chi connectivity index (χ4n) is 3.43. The number of likely N-dealkylation sites (N-methyl/N-ethyl adjacent to an activating group) is 1. The molecule has 1 aliphatic rings. The van der Waals surface area contributed by atoms with Crippen LogP contribution in [0.1, 0.15) is 5.56 Å². The van der Waals surface area contributed by atoms with Gasteiger partial charge in [0.2, 0.25) is 0 Å². The molecule has 0 bridgehead atoms. The monoisotopic (exact) mass is 457 g/mol. The van der Waals surface area contributed by atoms with Crippen LogP contribution in [0.5, 0.6) is 5.75 Å². The summed E-state index contributed by atoms with van der Waals surface area (Å²) in [5.74, 6) is 0.226. The molecule has 31 heavy (non-hydrogen) atoms. The fourth-order valence-corrected chi connectivity index (χ4v) is 5.78. The molecule has 1 N–H and O–H groups in total. The van der Waals surface area contributed by atoms with E-state index in [1.54, 1.807) is 41.8 Å². The van der Waals surface area contributed by atoms with E-state index >= 15 is 0 Å². The second-order valence-corrected chi connectivity index (χ2v) is 10.4. The van der Waals surface area contributed by atoms with Crippen LogP contribution in [-0.4, -0.2) is 41.6 Å². The maximum absolute atomic E-state index is 12.6. The number of ether oxygens (including phenoxy) is 1. The van der Waals surface area contributed by atoms with E-state index in [0.717, 1.165) is 18.7 Å². The number of thiophene rings is 1. The summed E-state index contributed by atoms with van der Waals surface area (Å²) >= 11 is 1.17. The summed E-state index contributed by atoms with van der Waals surface area (Å²) in [6, 6.07) is 15.8. The van der Waals surface area contributed by atoms with Crippen LogP contribution >= 0.6 is 11.3 Å². The predicted molar refractivity (Wildman–Crippen MR) is 124 cm³/mol. The summed E-state index contributed by atoms with van der Waals surface area (Å²) in [4.78, 5) is 14.4. The van der Waals surface area contributed by atoms with Crippen molar-refractivity contribution in [2.24, 2.45) is 0 Å². The maximum atomic E-state index is 12.6. The Morgan fingerprint density at radius 2 is 1.97 bits per heavy atom. The van der Waals surface area contributed by atoms with Crippen molar-refractivity contribution < 1.29 is 17.9 Å². The molecule has 0 atom stereocenters. The Hall–Kier alpha value is -3.04. The highest BCUT2D eigenvalue weighted by Crippen LogP contribution is 2.29. The van der Waals surface area contributed by atoms with Crippen LogP contribution < -0.4 is 19.3 Å². The molecule has 7 nitrogen and oxygen atoms in total. The lowest BCUT2D eigenvalue weighted by atomic mass is 10.1. The third-order valence-electron chi connectivity index (χ3n) is 5.17. The average molecular weight is 458 g/mol. The van der Waals surface area contributed by atoms with Gasteiger partial charge >= 0.3 is 0 Å². The van der Waals surface area contributed by atoms with Crippen molar-refractivity contribution in [2.75, 3.05) is 41.8 Å². The number of hydrogen-bond donors (Lipinski definition) is 1. The van der Waals surface area contributed by atoms with E-state index in [2.05, 4.69) is 17.3 Å². The van der Waals surface area contributed by atoms with E-state index in [9.17, 15) is 13.2 Å². The van der Waals surface area contributed by atoms with Crippen LogP contribution in [0.25, 0.3) is 0 Å². The van der Waals surface area contributed by atoms with Crippen molar-refractivity contribution in [3.05, 3.63) is 65.5 Å². The number of nitrogens with zero attached hydrogens (tertiary/aromatic N) is 2. The molecule has 3 aromatic rings. The molecule has 0 radical (unpaired) electrons. The number of nitrogens with one attached hydrogen (secondary N) is 1. The van der Waals surface area contributed by atoms with Crippen molar-refractivity contribution in [1.82, 2.24) is 0 Å². The fraction of sp³-hybridized carbons (Fsp3) is 0.227. The number of carbonyl (C=O) groups is 1. The van der Waals surface area contributed by atoms with Gasteiger partial charge < -0.3 is 15.0 Å². The number of benzene rings is 2. The zero-order valence-corrected chi connectivity index (χ0v) is 18.9. The lowest BCUT2D eigenvalue weighted by molar-refractivity contribution is -0.118. The van der Waals surface area contributed by atoms with E-state index in [-0.39, 0.29) is 16.7 Å². The van der Waals surface area contributed by atoms with Gasteiger partial charge in [-0.15, -0.1) is 11.3 Å².